The highest BCUT2D eigenvalue weighted by atomic mass is 16.5. The SMILES string of the molecule is COc1cccc(N2CCN(C(=O)NCC3CCOCC3)C(C)C2=O)c1. The Morgan fingerprint density at radius 1 is 1.31 bits per heavy atom. The fraction of sp³-hybridized carbons (Fsp3) is 0.579. The maximum absolute atomic E-state index is 12.8. The Balaban J connectivity index is 1.58. The molecule has 3 rings (SSSR count). The molecule has 0 radical (unpaired) electrons. The minimum Gasteiger partial charge on any atom is -0.497 e. The molecule has 26 heavy (non-hydrogen) atoms. The summed E-state index contributed by atoms with van der Waals surface area (Å²) in [6.45, 7) is 4.91. The van der Waals surface area contributed by atoms with Crippen molar-refractivity contribution in [3.63, 3.8) is 0 Å². The van der Waals surface area contributed by atoms with Gasteiger partial charge in [0.2, 0.25) is 5.91 Å². The molecule has 1 atom stereocenters. The van der Waals surface area contributed by atoms with E-state index in [1.807, 2.05) is 24.3 Å². The van der Waals surface area contributed by atoms with Crippen LogP contribution in [0.1, 0.15) is 19.8 Å². The molecule has 7 nitrogen and oxygen atoms in total. The molecular formula is C19H27N3O4. The Kier molecular flexibility index (Phi) is 5.98. The molecule has 0 aromatic heterocycles. The molecule has 2 saturated heterocycles. The Hall–Kier alpha value is -2.28. The second kappa shape index (κ2) is 8.40. The summed E-state index contributed by atoms with van der Waals surface area (Å²) in [7, 11) is 1.60. The standard InChI is InChI=1S/C19H27N3O4/c1-14-18(23)22(16-4-3-5-17(12-16)25-2)9-8-21(14)19(24)20-13-15-6-10-26-11-7-15/h3-5,12,14-15H,6-11,13H2,1-2H3,(H,20,24). The van der Waals surface area contributed by atoms with E-state index in [2.05, 4.69) is 5.32 Å². The van der Waals surface area contributed by atoms with Crippen LogP contribution in [0.15, 0.2) is 24.3 Å². The molecule has 0 saturated carbocycles. The van der Waals surface area contributed by atoms with E-state index >= 15 is 0 Å². The van der Waals surface area contributed by atoms with Crippen LogP contribution in [0, 0.1) is 5.92 Å². The molecule has 142 valence electrons. The van der Waals surface area contributed by atoms with Crippen molar-refractivity contribution in [1.29, 1.82) is 0 Å². The van der Waals surface area contributed by atoms with Crippen LogP contribution in [0.3, 0.4) is 0 Å². The second-order valence-electron chi connectivity index (χ2n) is 6.80. The Labute approximate surface area is 154 Å². The van der Waals surface area contributed by atoms with E-state index in [1.54, 1.807) is 23.8 Å². The molecular weight excluding hydrogens is 334 g/mol. The van der Waals surface area contributed by atoms with Crippen molar-refractivity contribution in [2.45, 2.75) is 25.8 Å². The highest BCUT2D eigenvalue weighted by Gasteiger charge is 2.35. The number of ether oxygens (including phenoxy) is 2. The molecule has 0 spiro atoms. The first-order valence-electron chi connectivity index (χ1n) is 9.18. The fourth-order valence-corrected chi connectivity index (χ4v) is 3.47. The summed E-state index contributed by atoms with van der Waals surface area (Å²) in [5.41, 5.74) is 0.795. The van der Waals surface area contributed by atoms with Gasteiger partial charge in [-0.15, -0.1) is 0 Å². The molecule has 2 heterocycles. The van der Waals surface area contributed by atoms with Crippen LogP contribution in [-0.4, -0.2) is 62.8 Å². The average Bonchev–Trinajstić information content (AvgIpc) is 2.69. The number of nitrogens with one attached hydrogen (secondary N) is 1. The van der Waals surface area contributed by atoms with Crippen molar-refractivity contribution in [3.8, 4) is 5.75 Å². The molecule has 0 bridgehead atoms. The molecule has 1 aromatic rings. The van der Waals surface area contributed by atoms with E-state index in [1.165, 1.54) is 0 Å². The predicted octanol–water partition coefficient (Wildman–Crippen LogP) is 1.87. The third-order valence-electron chi connectivity index (χ3n) is 5.16. The zero-order valence-electron chi connectivity index (χ0n) is 15.4. The molecule has 1 aromatic carbocycles. The summed E-state index contributed by atoms with van der Waals surface area (Å²) in [6, 6.07) is 6.77. The van der Waals surface area contributed by atoms with Gasteiger partial charge in [0.05, 0.1) is 7.11 Å². The minimum atomic E-state index is -0.496. The highest BCUT2D eigenvalue weighted by Crippen LogP contribution is 2.24. The second-order valence-corrected chi connectivity index (χ2v) is 6.80. The summed E-state index contributed by atoms with van der Waals surface area (Å²) in [4.78, 5) is 28.7. The van der Waals surface area contributed by atoms with E-state index < -0.39 is 6.04 Å². The number of methoxy groups -OCH3 is 1. The largest absolute Gasteiger partial charge is 0.497 e. The summed E-state index contributed by atoms with van der Waals surface area (Å²) in [5, 5.41) is 2.99. The van der Waals surface area contributed by atoms with Gasteiger partial charge < -0.3 is 24.6 Å². The van der Waals surface area contributed by atoms with Crippen LogP contribution in [0.2, 0.25) is 0 Å². The van der Waals surface area contributed by atoms with Crippen molar-refractivity contribution >= 4 is 17.6 Å². The molecule has 1 N–H and O–H groups in total. The van der Waals surface area contributed by atoms with Gasteiger partial charge in [-0.3, -0.25) is 4.79 Å². The number of benzene rings is 1. The lowest BCUT2D eigenvalue weighted by Crippen LogP contribution is -2.60. The highest BCUT2D eigenvalue weighted by molar-refractivity contribution is 6.00. The number of carbonyl (C=O) groups excluding carboxylic acids is 2. The maximum Gasteiger partial charge on any atom is 0.318 e. The van der Waals surface area contributed by atoms with Gasteiger partial charge in [-0.1, -0.05) is 6.07 Å². The van der Waals surface area contributed by atoms with Crippen molar-refractivity contribution in [2.24, 2.45) is 5.92 Å². The zero-order chi connectivity index (χ0) is 18.5. The van der Waals surface area contributed by atoms with Gasteiger partial charge in [0.15, 0.2) is 0 Å². The van der Waals surface area contributed by atoms with E-state index in [-0.39, 0.29) is 11.9 Å². The number of anilines is 1. The van der Waals surface area contributed by atoms with Crippen molar-refractivity contribution in [1.82, 2.24) is 10.2 Å². The molecule has 0 aliphatic carbocycles. The van der Waals surface area contributed by atoms with Crippen LogP contribution in [0.4, 0.5) is 10.5 Å². The summed E-state index contributed by atoms with van der Waals surface area (Å²) in [6.07, 6.45) is 1.94. The Morgan fingerprint density at radius 2 is 2.08 bits per heavy atom. The maximum atomic E-state index is 12.8. The molecule has 7 heteroatoms. The van der Waals surface area contributed by atoms with Crippen LogP contribution >= 0.6 is 0 Å². The van der Waals surface area contributed by atoms with Gasteiger partial charge in [-0.2, -0.15) is 0 Å². The Bertz CT molecular complexity index is 645. The summed E-state index contributed by atoms with van der Waals surface area (Å²) in [5.74, 6) is 1.09. The average molecular weight is 361 g/mol. The first-order chi connectivity index (χ1) is 12.6. The normalized spacial score (nSPS) is 21.6. The predicted molar refractivity (Wildman–Crippen MR) is 98.5 cm³/mol. The lowest BCUT2D eigenvalue weighted by atomic mass is 10.0. The van der Waals surface area contributed by atoms with Crippen molar-refractivity contribution < 1.29 is 19.1 Å². The third kappa shape index (κ3) is 4.09. The molecule has 1 unspecified atom stereocenters. The van der Waals surface area contributed by atoms with E-state index in [9.17, 15) is 9.59 Å². The zero-order valence-corrected chi connectivity index (χ0v) is 15.4. The van der Waals surface area contributed by atoms with Crippen LogP contribution in [-0.2, 0) is 9.53 Å². The Morgan fingerprint density at radius 3 is 2.81 bits per heavy atom. The molecule has 2 aliphatic rings. The molecule has 3 amide bonds. The number of rotatable bonds is 4. The molecule has 2 fully saturated rings. The van der Waals surface area contributed by atoms with E-state index in [0.717, 1.165) is 31.7 Å². The van der Waals surface area contributed by atoms with Gasteiger partial charge in [-0.05, 0) is 37.8 Å². The molecule has 2 aliphatic heterocycles. The number of hydrogen-bond donors (Lipinski definition) is 1. The minimum absolute atomic E-state index is 0.0780. The number of hydrogen-bond acceptors (Lipinski definition) is 4. The van der Waals surface area contributed by atoms with Crippen LogP contribution in [0.25, 0.3) is 0 Å². The fourth-order valence-electron chi connectivity index (χ4n) is 3.47. The van der Waals surface area contributed by atoms with Gasteiger partial charge in [0.25, 0.3) is 0 Å². The van der Waals surface area contributed by atoms with E-state index in [4.69, 9.17) is 9.47 Å². The summed E-state index contributed by atoms with van der Waals surface area (Å²) >= 11 is 0. The summed E-state index contributed by atoms with van der Waals surface area (Å²) < 4.78 is 10.6. The lowest BCUT2D eigenvalue weighted by Gasteiger charge is -2.39. The van der Waals surface area contributed by atoms with Crippen LogP contribution < -0.4 is 15.0 Å². The first kappa shape index (κ1) is 18.5. The van der Waals surface area contributed by atoms with Gasteiger partial charge in [-0.25, -0.2) is 4.79 Å². The smallest absolute Gasteiger partial charge is 0.318 e. The number of amides is 3. The van der Waals surface area contributed by atoms with E-state index in [0.29, 0.717) is 31.3 Å². The van der Waals surface area contributed by atoms with Gasteiger partial charge >= 0.3 is 6.03 Å². The number of carbonyl (C=O) groups is 2. The van der Waals surface area contributed by atoms with Crippen molar-refractivity contribution in [2.75, 3.05) is 44.9 Å². The van der Waals surface area contributed by atoms with Gasteiger partial charge in [0.1, 0.15) is 11.8 Å². The number of piperazine rings is 1. The van der Waals surface area contributed by atoms with Gasteiger partial charge in [0, 0.05) is 44.6 Å². The topological polar surface area (TPSA) is 71.1 Å². The quantitative estimate of drug-likeness (QED) is 0.889. The van der Waals surface area contributed by atoms with Crippen LogP contribution in [0.5, 0.6) is 5.75 Å². The third-order valence-corrected chi connectivity index (χ3v) is 5.16. The number of nitrogens with zero attached hydrogens (tertiary/aromatic N) is 2. The monoisotopic (exact) mass is 361 g/mol. The first-order valence-corrected chi connectivity index (χ1v) is 9.18. The van der Waals surface area contributed by atoms with Crippen molar-refractivity contribution in [3.05, 3.63) is 24.3 Å². The number of urea groups is 1. The lowest BCUT2D eigenvalue weighted by molar-refractivity contribution is -0.124.